The lowest BCUT2D eigenvalue weighted by Crippen LogP contribution is -2.38. The second kappa shape index (κ2) is 4.29. The molecule has 1 aromatic rings. The zero-order valence-electron chi connectivity index (χ0n) is 10.1. The summed E-state index contributed by atoms with van der Waals surface area (Å²) in [5, 5.41) is 9.29. The molecular formula is C12H15N3O3. The van der Waals surface area contributed by atoms with Crippen molar-refractivity contribution in [3.05, 3.63) is 24.0 Å². The van der Waals surface area contributed by atoms with E-state index in [1.54, 1.807) is 11.8 Å². The van der Waals surface area contributed by atoms with Crippen molar-refractivity contribution in [3.8, 4) is 5.75 Å². The number of carbonyl (C=O) groups is 2. The molecule has 1 atom stereocenters. The van der Waals surface area contributed by atoms with E-state index in [1.807, 2.05) is 0 Å². The molecule has 0 saturated carbocycles. The van der Waals surface area contributed by atoms with Crippen LogP contribution in [0.2, 0.25) is 0 Å². The van der Waals surface area contributed by atoms with Gasteiger partial charge in [-0.2, -0.15) is 0 Å². The number of hydrogen-bond donors (Lipinski definition) is 2. The average molecular weight is 249 g/mol. The maximum Gasteiger partial charge on any atom is 0.255 e. The normalized spacial score (nSPS) is 23.1. The number of carbonyl (C=O) groups excluding carboxylic acids is 2. The minimum atomic E-state index is -0.667. The van der Waals surface area contributed by atoms with Gasteiger partial charge < -0.3 is 15.7 Å². The number of hydrogen-bond acceptors (Lipinski definition) is 4. The van der Waals surface area contributed by atoms with Crippen molar-refractivity contribution in [1.82, 2.24) is 9.88 Å². The molecular weight excluding hydrogens is 234 g/mol. The zero-order valence-corrected chi connectivity index (χ0v) is 10.1. The van der Waals surface area contributed by atoms with Crippen LogP contribution in [0.1, 0.15) is 23.7 Å². The average Bonchev–Trinajstić information content (AvgIpc) is 2.72. The van der Waals surface area contributed by atoms with Crippen LogP contribution >= 0.6 is 0 Å². The van der Waals surface area contributed by atoms with Gasteiger partial charge in [0.25, 0.3) is 5.91 Å². The zero-order chi connectivity index (χ0) is 13.3. The van der Waals surface area contributed by atoms with Crippen LogP contribution in [0, 0.1) is 5.41 Å². The van der Waals surface area contributed by atoms with Gasteiger partial charge >= 0.3 is 0 Å². The van der Waals surface area contributed by atoms with Gasteiger partial charge in [-0.3, -0.25) is 14.6 Å². The van der Waals surface area contributed by atoms with Crippen molar-refractivity contribution in [2.24, 2.45) is 11.1 Å². The number of likely N-dealkylation sites (tertiary alicyclic amines) is 1. The fraction of sp³-hybridized carbons (Fsp3) is 0.417. The Balaban J connectivity index is 2.15. The molecule has 1 aliphatic heterocycles. The highest BCUT2D eigenvalue weighted by Gasteiger charge is 2.40. The lowest BCUT2D eigenvalue weighted by Gasteiger charge is -2.21. The lowest BCUT2D eigenvalue weighted by atomic mass is 9.89. The van der Waals surface area contributed by atoms with Crippen molar-refractivity contribution in [1.29, 1.82) is 0 Å². The third kappa shape index (κ3) is 2.13. The molecule has 0 radical (unpaired) electrons. The molecule has 2 rings (SSSR count). The molecule has 6 heteroatoms. The van der Waals surface area contributed by atoms with Crippen LogP contribution in [0.15, 0.2) is 18.5 Å². The van der Waals surface area contributed by atoms with Crippen LogP contribution in [0.5, 0.6) is 5.75 Å². The highest BCUT2D eigenvalue weighted by atomic mass is 16.3. The molecule has 1 saturated heterocycles. The minimum absolute atomic E-state index is 0.0577. The molecule has 3 N–H and O–H groups in total. The Kier molecular flexibility index (Phi) is 2.94. The Hall–Kier alpha value is -2.11. The quantitative estimate of drug-likeness (QED) is 0.778. The van der Waals surface area contributed by atoms with E-state index >= 15 is 0 Å². The summed E-state index contributed by atoms with van der Waals surface area (Å²) in [7, 11) is 0. The molecule has 0 spiro atoms. The Labute approximate surface area is 104 Å². The van der Waals surface area contributed by atoms with Crippen LogP contribution in [0.3, 0.4) is 0 Å². The Morgan fingerprint density at radius 1 is 1.50 bits per heavy atom. The third-order valence-corrected chi connectivity index (χ3v) is 3.33. The number of aromatic nitrogens is 1. The monoisotopic (exact) mass is 249 g/mol. The fourth-order valence-electron chi connectivity index (χ4n) is 2.06. The van der Waals surface area contributed by atoms with Crippen LogP contribution in [-0.2, 0) is 4.79 Å². The Morgan fingerprint density at radius 2 is 2.22 bits per heavy atom. The van der Waals surface area contributed by atoms with Gasteiger partial charge in [0.05, 0.1) is 17.2 Å². The summed E-state index contributed by atoms with van der Waals surface area (Å²) in [6.07, 6.45) is 3.20. The molecule has 1 aromatic heterocycles. The van der Waals surface area contributed by atoms with E-state index in [0.29, 0.717) is 25.1 Å². The fourth-order valence-corrected chi connectivity index (χ4v) is 2.06. The highest BCUT2D eigenvalue weighted by molar-refractivity contribution is 5.95. The summed E-state index contributed by atoms with van der Waals surface area (Å²) in [5.41, 5.74) is 4.97. The maximum absolute atomic E-state index is 12.1. The summed E-state index contributed by atoms with van der Waals surface area (Å²) in [5.74, 6) is -0.701. The van der Waals surface area contributed by atoms with Crippen LogP contribution < -0.4 is 5.73 Å². The number of aromatic hydroxyl groups is 1. The van der Waals surface area contributed by atoms with Crippen molar-refractivity contribution in [2.45, 2.75) is 13.3 Å². The molecule has 1 aliphatic rings. The predicted molar refractivity (Wildman–Crippen MR) is 63.7 cm³/mol. The number of nitrogens with two attached hydrogens (primary N) is 1. The van der Waals surface area contributed by atoms with Gasteiger partial charge in [0.2, 0.25) is 5.91 Å². The molecule has 1 unspecified atom stereocenters. The van der Waals surface area contributed by atoms with Gasteiger partial charge in [-0.05, 0) is 19.4 Å². The third-order valence-electron chi connectivity index (χ3n) is 3.33. The summed E-state index contributed by atoms with van der Waals surface area (Å²) in [6, 6.07) is 1.36. The van der Waals surface area contributed by atoms with Crippen LogP contribution in [-0.4, -0.2) is 39.9 Å². The van der Waals surface area contributed by atoms with E-state index in [9.17, 15) is 14.7 Å². The van der Waals surface area contributed by atoms with Gasteiger partial charge in [0.15, 0.2) is 0 Å². The second-order valence-corrected chi connectivity index (χ2v) is 4.83. The molecule has 6 nitrogen and oxygen atoms in total. The smallest absolute Gasteiger partial charge is 0.255 e. The van der Waals surface area contributed by atoms with E-state index in [1.165, 1.54) is 18.5 Å². The van der Waals surface area contributed by atoms with Crippen molar-refractivity contribution in [3.63, 3.8) is 0 Å². The Bertz CT molecular complexity index is 503. The van der Waals surface area contributed by atoms with E-state index < -0.39 is 11.3 Å². The molecule has 2 heterocycles. The molecule has 0 aromatic carbocycles. The van der Waals surface area contributed by atoms with E-state index in [4.69, 9.17) is 5.73 Å². The standard InChI is InChI=1S/C12H15N3O3/c1-12(11(13)18)2-3-15(7-12)10(17)8-4-9(16)6-14-5-8/h4-6,16H,2-3,7H2,1H3,(H2,13,18). The Morgan fingerprint density at radius 3 is 2.78 bits per heavy atom. The number of rotatable bonds is 2. The van der Waals surface area contributed by atoms with E-state index in [0.717, 1.165) is 0 Å². The molecule has 0 bridgehead atoms. The van der Waals surface area contributed by atoms with Crippen molar-refractivity contribution in [2.75, 3.05) is 13.1 Å². The van der Waals surface area contributed by atoms with Crippen molar-refractivity contribution < 1.29 is 14.7 Å². The summed E-state index contributed by atoms with van der Waals surface area (Å²) in [6.45, 7) is 2.54. The van der Waals surface area contributed by atoms with Gasteiger partial charge in [0, 0.05) is 19.3 Å². The first-order chi connectivity index (χ1) is 8.42. The van der Waals surface area contributed by atoms with Crippen LogP contribution in [0.4, 0.5) is 0 Å². The molecule has 2 amide bonds. The maximum atomic E-state index is 12.1. The van der Waals surface area contributed by atoms with Gasteiger partial charge in [-0.15, -0.1) is 0 Å². The number of nitrogens with zero attached hydrogens (tertiary/aromatic N) is 2. The van der Waals surface area contributed by atoms with Gasteiger partial charge in [-0.25, -0.2) is 0 Å². The SMILES string of the molecule is CC1(C(N)=O)CCN(C(=O)c2cncc(O)c2)C1. The number of amides is 2. The largest absolute Gasteiger partial charge is 0.506 e. The summed E-state index contributed by atoms with van der Waals surface area (Å²) >= 11 is 0. The van der Waals surface area contributed by atoms with Gasteiger partial charge in [-0.1, -0.05) is 0 Å². The number of pyridine rings is 1. The lowest BCUT2D eigenvalue weighted by molar-refractivity contribution is -0.126. The first kappa shape index (κ1) is 12.3. The molecule has 0 aliphatic carbocycles. The second-order valence-electron chi connectivity index (χ2n) is 4.83. The molecule has 96 valence electrons. The minimum Gasteiger partial charge on any atom is -0.506 e. The predicted octanol–water partition coefficient (Wildman–Crippen LogP) is 0.125. The van der Waals surface area contributed by atoms with E-state index in [-0.39, 0.29) is 11.7 Å². The highest BCUT2D eigenvalue weighted by Crippen LogP contribution is 2.30. The molecule has 1 fully saturated rings. The van der Waals surface area contributed by atoms with E-state index in [2.05, 4.69) is 4.98 Å². The number of primary amides is 1. The van der Waals surface area contributed by atoms with Gasteiger partial charge in [0.1, 0.15) is 5.75 Å². The summed E-state index contributed by atoms with van der Waals surface area (Å²) in [4.78, 5) is 28.8. The summed E-state index contributed by atoms with van der Waals surface area (Å²) < 4.78 is 0. The first-order valence-corrected chi connectivity index (χ1v) is 5.65. The first-order valence-electron chi connectivity index (χ1n) is 5.65. The molecule has 18 heavy (non-hydrogen) atoms. The topological polar surface area (TPSA) is 96.5 Å². The van der Waals surface area contributed by atoms with Crippen LogP contribution in [0.25, 0.3) is 0 Å². The van der Waals surface area contributed by atoms with Crippen molar-refractivity contribution >= 4 is 11.8 Å².